The topological polar surface area (TPSA) is 46.2 Å². The molecule has 0 aliphatic carbocycles. The first-order valence-corrected chi connectivity index (χ1v) is 5.18. The first kappa shape index (κ1) is 11.8. The van der Waals surface area contributed by atoms with Crippen molar-refractivity contribution in [2.45, 2.75) is 6.42 Å². The van der Waals surface area contributed by atoms with Crippen molar-refractivity contribution in [3.63, 3.8) is 0 Å². The second-order valence-electron chi connectivity index (χ2n) is 3.20. The summed E-state index contributed by atoms with van der Waals surface area (Å²) in [5.41, 5.74) is 6.42. The van der Waals surface area contributed by atoms with Gasteiger partial charge in [0.25, 0.3) is 0 Å². The van der Waals surface area contributed by atoms with Gasteiger partial charge in [-0.2, -0.15) is 0 Å². The fourth-order valence-electron chi connectivity index (χ4n) is 1.24. The molecule has 0 saturated heterocycles. The minimum atomic E-state index is 0.0472. The molecule has 0 heterocycles. The maximum Gasteiger partial charge on any atom is 0.0624 e. The number of rotatable bonds is 4. The fourth-order valence-corrected chi connectivity index (χ4v) is 1.64. The fraction of sp³-hybridized carbons (Fsp3) is 0.400. The van der Waals surface area contributed by atoms with Gasteiger partial charge < -0.3 is 10.8 Å². The van der Waals surface area contributed by atoms with E-state index in [1.165, 1.54) is 0 Å². The molecule has 1 aromatic rings. The zero-order valence-corrected chi connectivity index (χ0v) is 9.22. The van der Waals surface area contributed by atoms with Crippen molar-refractivity contribution < 1.29 is 5.11 Å². The predicted molar refractivity (Wildman–Crippen MR) is 59.8 cm³/mol. The molecule has 0 amide bonds. The molecule has 0 aromatic heterocycles. The number of benzene rings is 1. The first-order valence-electron chi connectivity index (χ1n) is 4.42. The lowest BCUT2D eigenvalue weighted by atomic mass is 10.0. The lowest BCUT2D eigenvalue weighted by molar-refractivity contribution is 0.230. The standard InChI is InChI=1S/C10H13Cl2NO/c11-9-3-1-2-8(10(9)12)4-7(5-13)6-14/h1-3,7,14H,4-6,13H2/t7-/m0/s1. The van der Waals surface area contributed by atoms with Gasteiger partial charge in [-0.25, -0.2) is 0 Å². The Labute approximate surface area is 93.6 Å². The summed E-state index contributed by atoms with van der Waals surface area (Å²) >= 11 is 11.9. The smallest absolute Gasteiger partial charge is 0.0624 e. The monoisotopic (exact) mass is 233 g/mol. The van der Waals surface area contributed by atoms with Crippen LogP contribution in [0.4, 0.5) is 0 Å². The van der Waals surface area contributed by atoms with Gasteiger partial charge >= 0.3 is 0 Å². The van der Waals surface area contributed by atoms with E-state index in [2.05, 4.69) is 0 Å². The van der Waals surface area contributed by atoms with Crippen LogP contribution in [-0.2, 0) is 6.42 Å². The number of aliphatic hydroxyl groups is 1. The molecule has 0 spiro atoms. The zero-order valence-electron chi connectivity index (χ0n) is 7.71. The third kappa shape index (κ3) is 2.85. The van der Waals surface area contributed by atoms with E-state index in [1.807, 2.05) is 12.1 Å². The Kier molecular flexibility index (Phi) is 4.69. The molecule has 4 heteroatoms. The molecule has 0 bridgehead atoms. The average Bonchev–Trinajstić information content (AvgIpc) is 2.20. The third-order valence-electron chi connectivity index (χ3n) is 2.13. The van der Waals surface area contributed by atoms with E-state index in [9.17, 15) is 0 Å². The van der Waals surface area contributed by atoms with Gasteiger partial charge in [-0.3, -0.25) is 0 Å². The van der Waals surface area contributed by atoms with E-state index >= 15 is 0 Å². The van der Waals surface area contributed by atoms with Crippen LogP contribution in [0.5, 0.6) is 0 Å². The van der Waals surface area contributed by atoms with E-state index in [1.54, 1.807) is 6.07 Å². The summed E-state index contributed by atoms with van der Waals surface area (Å²) in [7, 11) is 0. The number of halogens is 2. The van der Waals surface area contributed by atoms with E-state index in [-0.39, 0.29) is 12.5 Å². The first-order chi connectivity index (χ1) is 6.69. The van der Waals surface area contributed by atoms with Crippen LogP contribution in [0.15, 0.2) is 18.2 Å². The maximum absolute atomic E-state index is 8.99. The van der Waals surface area contributed by atoms with Crippen LogP contribution < -0.4 is 5.73 Å². The molecule has 0 aliphatic heterocycles. The molecule has 1 aromatic carbocycles. The van der Waals surface area contributed by atoms with Gasteiger partial charge in [0.1, 0.15) is 0 Å². The van der Waals surface area contributed by atoms with E-state index in [0.717, 1.165) is 5.56 Å². The van der Waals surface area contributed by atoms with E-state index in [4.69, 9.17) is 34.0 Å². The van der Waals surface area contributed by atoms with Crippen molar-refractivity contribution in [1.29, 1.82) is 0 Å². The second kappa shape index (κ2) is 5.56. The van der Waals surface area contributed by atoms with Crippen molar-refractivity contribution >= 4 is 23.2 Å². The molecule has 1 atom stereocenters. The van der Waals surface area contributed by atoms with Gasteiger partial charge in [-0.05, 0) is 30.5 Å². The highest BCUT2D eigenvalue weighted by Gasteiger charge is 2.10. The van der Waals surface area contributed by atoms with Crippen LogP contribution in [0, 0.1) is 5.92 Å². The SMILES string of the molecule is NC[C@@H](CO)Cc1cccc(Cl)c1Cl. The molecule has 0 unspecified atom stereocenters. The number of aliphatic hydroxyl groups excluding tert-OH is 1. The van der Waals surface area contributed by atoms with Crippen molar-refractivity contribution in [3.05, 3.63) is 33.8 Å². The van der Waals surface area contributed by atoms with Crippen molar-refractivity contribution in [2.24, 2.45) is 11.7 Å². The summed E-state index contributed by atoms with van der Waals surface area (Å²) < 4.78 is 0. The Bertz CT molecular complexity index is 300. The molecule has 78 valence electrons. The van der Waals surface area contributed by atoms with Gasteiger partial charge in [-0.1, -0.05) is 35.3 Å². The third-order valence-corrected chi connectivity index (χ3v) is 2.99. The predicted octanol–water partition coefficient (Wildman–Crippen LogP) is 2.10. The van der Waals surface area contributed by atoms with Crippen LogP contribution >= 0.6 is 23.2 Å². The summed E-state index contributed by atoms with van der Waals surface area (Å²) in [6.45, 7) is 0.513. The molecule has 0 radical (unpaired) electrons. The largest absolute Gasteiger partial charge is 0.396 e. The highest BCUT2D eigenvalue weighted by atomic mass is 35.5. The molecule has 0 saturated carbocycles. The molecule has 1 rings (SSSR count). The molecule has 0 aliphatic rings. The molecular weight excluding hydrogens is 221 g/mol. The molecular formula is C10H13Cl2NO. The van der Waals surface area contributed by atoms with Crippen LogP contribution in [0.1, 0.15) is 5.56 Å². The van der Waals surface area contributed by atoms with Crippen LogP contribution in [0.2, 0.25) is 10.0 Å². The average molecular weight is 234 g/mol. The number of hydrogen-bond donors (Lipinski definition) is 2. The summed E-state index contributed by atoms with van der Waals surface area (Å²) in [4.78, 5) is 0. The Hall–Kier alpha value is -0.280. The Morgan fingerprint density at radius 2 is 2.07 bits per heavy atom. The summed E-state index contributed by atoms with van der Waals surface area (Å²) in [6, 6.07) is 5.48. The summed E-state index contributed by atoms with van der Waals surface area (Å²) in [5.74, 6) is 0.0472. The molecule has 0 fully saturated rings. The lowest BCUT2D eigenvalue weighted by Gasteiger charge is -2.12. The van der Waals surface area contributed by atoms with Gasteiger partial charge in [0.15, 0.2) is 0 Å². The van der Waals surface area contributed by atoms with E-state index in [0.29, 0.717) is 23.0 Å². The molecule has 2 nitrogen and oxygen atoms in total. The maximum atomic E-state index is 8.99. The Balaban J connectivity index is 2.80. The van der Waals surface area contributed by atoms with Gasteiger partial charge in [0.05, 0.1) is 10.0 Å². The van der Waals surface area contributed by atoms with Gasteiger partial charge in [0.2, 0.25) is 0 Å². The van der Waals surface area contributed by atoms with Crippen molar-refractivity contribution in [1.82, 2.24) is 0 Å². The van der Waals surface area contributed by atoms with Gasteiger partial charge in [-0.15, -0.1) is 0 Å². The minimum absolute atomic E-state index is 0.0472. The van der Waals surface area contributed by atoms with Gasteiger partial charge in [0, 0.05) is 6.61 Å². The number of nitrogens with two attached hydrogens (primary N) is 1. The second-order valence-corrected chi connectivity index (χ2v) is 3.99. The normalized spacial score (nSPS) is 12.9. The number of hydrogen-bond acceptors (Lipinski definition) is 2. The Morgan fingerprint density at radius 1 is 1.36 bits per heavy atom. The molecule has 3 N–H and O–H groups in total. The highest BCUT2D eigenvalue weighted by molar-refractivity contribution is 6.42. The quantitative estimate of drug-likeness (QED) is 0.837. The minimum Gasteiger partial charge on any atom is -0.396 e. The van der Waals surface area contributed by atoms with Crippen LogP contribution in [-0.4, -0.2) is 18.3 Å². The van der Waals surface area contributed by atoms with Crippen LogP contribution in [0.25, 0.3) is 0 Å². The van der Waals surface area contributed by atoms with E-state index < -0.39 is 0 Å². The van der Waals surface area contributed by atoms with Crippen molar-refractivity contribution in [2.75, 3.05) is 13.2 Å². The molecule has 14 heavy (non-hydrogen) atoms. The zero-order chi connectivity index (χ0) is 10.6. The summed E-state index contributed by atoms with van der Waals surface area (Å²) in [5, 5.41) is 10.1. The van der Waals surface area contributed by atoms with Crippen LogP contribution in [0.3, 0.4) is 0 Å². The lowest BCUT2D eigenvalue weighted by Crippen LogP contribution is -2.20. The summed E-state index contributed by atoms with van der Waals surface area (Å²) in [6.07, 6.45) is 0.659. The Morgan fingerprint density at radius 3 is 2.64 bits per heavy atom. The van der Waals surface area contributed by atoms with Crippen molar-refractivity contribution in [3.8, 4) is 0 Å². The highest BCUT2D eigenvalue weighted by Crippen LogP contribution is 2.27.